The van der Waals surface area contributed by atoms with Gasteiger partial charge in [0.2, 0.25) is 5.91 Å². The number of carbonyl (C=O) groups is 2. The molecule has 0 fully saturated rings. The molecule has 0 aliphatic heterocycles. The van der Waals surface area contributed by atoms with Gasteiger partial charge in [-0.05, 0) is 25.3 Å². The van der Waals surface area contributed by atoms with Gasteiger partial charge in [0.15, 0.2) is 0 Å². The zero-order valence-electron chi connectivity index (χ0n) is 14.3. The average molecular weight is 345 g/mol. The van der Waals surface area contributed by atoms with Gasteiger partial charge >= 0.3 is 0 Å². The number of amides is 2. The average Bonchev–Trinajstić information content (AvgIpc) is 2.95. The van der Waals surface area contributed by atoms with E-state index in [1.807, 2.05) is 37.3 Å². The van der Waals surface area contributed by atoms with Crippen LogP contribution in [0, 0.1) is 6.92 Å². The van der Waals surface area contributed by atoms with Crippen molar-refractivity contribution in [2.45, 2.75) is 39.2 Å². The quantitative estimate of drug-likeness (QED) is 0.810. The van der Waals surface area contributed by atoms with Crippen LogP contribution in [0.15, 0.2) is 30.3 Å². The fourth-order valence-electron chi connectivity index (χ4n) is 2.44. The summed E-state index contributed by atoms with van der Waals surface area (Å²) in [7, 11) is 1.57. The number of aryl methyl sites for hydroxylation is 2. The van der Waals surface area contributed by atoms with Gasteiger partial charge in [0.25, 0.3) is 5.91 Å². The lowest BCUT2D eigenvalue weighted by Gasteiger charge is -2.17. The second-order valence-electron chi connectivity index (χ2n) is 5.60. The third-order valence-electron chi connectivity index (χ3n) is 3.66. The highest BCUT2D eigenvalue weighted by atomic mass is 32.1. The molecule has 1 heterocycles. The molecule has 2 aromatic rings. The topological polar surface area (TPSA) is 71.1 Å². The molecule has 6 heteroatoms. The van der Waals surface area contributed by atoms with Crippen molar-refractivity contribution in [1.29, 1.82) is 0 Å². The van der Waals surface area contributed by atoms with Crippen molar-refractivity contribution in [2.75, 3.05) is 7.05 Å². The van der Waals surface area contributed by atoms with Crippen LogP contribution in [0.3, 0.4) is 0 Å². The fraction of sp³-hybridized carbons (Fsp3) is 0.389. The van der Waals surface area contributed by atoms with Crippen LogP contribution in [0.1, 0.15) is 39.3 Å². The van der Waals surface area contributed by atoms with Crippen molar-refractivity contribution in [3.8, 4) is 0 Å². The molecule has 1 atom stereocenters. The van der Waals surface area contributed by atoms with Crippen LogP contribution in [0.2, 0.25) is 0 Å². The van der Waals surface area contributed by atoms with E-state index in [0.717, 1.165) is 29.1 Å². The van der Waals surface area contributed by atoms with Gasteiger partial charge in [0.05, 0.1) is 10.7 Å². The number of nitrogens with one attached hydrogen (secondary N) is 2. The number of thiazole rings is 1. The zero-order valence-corrected chi connectivity index (χ0v) is 15.1. The summed E-state index contributed by atoms with van der Waals surface area (Å²) in [6, 6.07) is 9.04. The molecule has 0 spiro atoms. The summed E-state index contributed by atoms with van der Waals surface area (Å²) in [4.78, 5) is 29.7. The molecule has 1 unspecified atom stereocenters. The van der Waals surface area contributed by atoms with Gasteiger partial charge in [-0.25, -0.2) is 4.98 Å². The van der Waals surface area contributed by atoms with Gasteiger partial charge in [0.1, 0.15) is 10.9 Å². The largest absolute Gasteiger partial charge is 0.357 e. The first kappa shape index (κ1) is 18.1. The Morgan fingerprint density at radius 3 is 2.58 bits per heavy atom. The van der Waals surface area contributed by atoms with Crippen LogP contribution >= 0.6 is 11.3 Å². The number of benzene rings is 1. The molecule has 24 heavy (non-hydrogen) atoms. The Bertz CT molecular complexity index is 698. The van der Waals surface area contributed by atoms with Gasteiger partial charge in [0, 0.05) is 13.5 Å². The molecular weight excluding hydrogens is 322 g/mol. The smallest absolute Gasteiger partial charge is 0.263 e. The van der Waals surface area contributed by atoms with E-state index in [-0.39, 0.29) is 11.8 Å². The first-order chi connectivity index (χ1) is 11.5. The lowest BCUT2D eigenvalue weighted by Crippen LogP contribution is -2.47. The summed E-state index contributed by atoms with van der Waals surface area (Å²) in [5.74, 6) is -0.444. The summed E-state index contributed by atoms with van der Waals surface area (Å²) >= 11 is 1.40. The highest BCUT2D eigenvalue weighted by Crippen LogP contribution is 2.19. The predicted molar refractivity (Wildman–Crippen MR) is 96.3 cm³/mol. The van der Waals surface area contributed by atoms with Gasteiger partial charge in [-0.15, -0.1) is 11.3 Å². The molecule has 2 amide bonds. The van der Waals surface area contributed by atoms with E-state index < -0.39 is 6.04 Å². The van der Waals surface area contributed by atoms with E-state index in [9.17, 15) is 9.59 Å². The van der Waals surface area contributed by atoms with Crippen LogP contribution in [0.5, 0.6) is 0 Å². The number of carbonyl (C=O) groups excluding carboxylic acids is 2. The Morgan fingerprint density at radius 2 is 1.96 bits per heavy atom. The van der Waals surface area contributed by atoms with Gasteiger partial charge in [-0.1, -0.05) is 37.3 Å². The lowest BCUT2D eigenvalue weighted by atomic mass is 10.1. The SMILES string of the molecule is CCCc1nc(C)c(C(=O)NC(Cc2ccccc2)C(=O)NC)s1. The first-order valence-electron chi connectivity index (χ1n) is 8.07. The molecule has 0 aliphatic carbocycles. The number of rotatable bonds is 7. The van der Waals surface area contributed by atoms with Crippen molar-refractivity contribution < 1.29 is 9.59 Å². The summed E-state index contributed by atoms with van der Waals surface area (Å²) in [6.07, 6.45) is 2.30. The minimum atomic E-state index is -0.610. The Hall–Kier alpha value is -2.21. The first-order valence-corrected chi connectivity index (χ1v) is 8.89. The van der Waals surface area contributed by atoms with E-state index in [4.69, 9.17) is 0 Å². The summed E-state index contributed by atoms with van der Waals surface area (Å²) in [5.41, 5.74) is 1.72. The molecule has 2 N–H and O–H groups in total. The number of likely N-dealkylation sites (N-methyl/N-ethyl adjacent to an activating group) is 1. The number of aromatic nitrogens is 1. The van der Waals surface area contributed by atoms with Gasteiger partial charge in [-0.2, -0.15) is 0 Å². The van der Waals surface area contributed by atoms with Crippen molar-refractivity contribution in [1.82, 2.24) is 15.6 Å². The molecule has 0 aliphatic rings. The standard InChI is InChI=1S/C18H23N3O2S/c1-4-8-15-20-12(2)16(24-15)18(23)21-14(17(22)19-3)11-13-9-6-5-7-10-13/h5-7,9-10,14H,4,8,11H2,1-3H3,(H,19,22)(H,21,23). The van der Waals surface area contributed by atoms with Crippen molar-refractivity contribution in [3.63, 3.8) is 0 Å². The molecule has 2 rings (SSSR count). The van der Waals surface area contributed by atoms with Crippen molar-refractivity contribution >= 4 is 23.2 Å². The number of nitrogens with zero attached hydrogens (tertiary/aromatic N) is 1. The summed E-state index contributed by atoms with van der Waals surface area (Å²) in [6.45, 7) is 3.91. The van der Waals surface area contributed by atoms with Crippen LogP contribution in [0.4, 0.5) is 0 Å². The Morgan fingerprint density at radius 1 is 1.25 bits per heavy atom. The minimum absolute atomic E-state index is 0.205. The maximum Gasteiger partial charge on any atom is 0.263 e. The van der Waals surface area contributed by atoms with Crippen molar-refractivity contribution in [3.05, 3.63) is 51.5 Å². The van der Waals surface area contributed by atoms with E-state index in [0.29, 0.717) is 11.3 Å². The van der Waals surface area contributed by atoms with Crippen LogP contribution in [0.25, 0.3) is 0 Å². The molecule has 1 aromatic heterocycles. The van der Waals surface area contributed by atoms with E-state index in [1.54, 1.807) is 7.05 Å². The van der Waals surface area contributed by atoms with Crippen LogP contribution in [-0.2, 0) is 17.6 Å². The van der Waals surface area contributed by atoms with Gasteiger partial charge in [-0.3, -0.25) is 9.59 Å². The molecule has 128 valence electrons. The third-order valence-corrected chi connectivity index (χ3v) is 4.88. The van der Waals surface area contributed by atoms with E-state index in [1.165, 1.54) is 11.3 Å². The monoisotopic (exact) mass is 345 g/mol. The maximum absolute atomic E-state index is 12.6. The maximum atomic E-state index is 12.6. The number of hydrogen-bond donors (Lipinski definition) is 2. The van der Waals surface area contributed by atoms with E-state index in [2.05, 4.69) is 22.5 Å². The van der Waals surface area contributed by atoms with Crippen LogP contribution < -0.4 is 10.6 Å². The Labute approximate surface area is 146 Å². The highest BCUT2D eigenvalue weighted by Gasteiger charge is 2.23. The number of hydrogen-bond acceptors (Lipinski definition) is 4. The molecule has 5 nitrogen and oxygen atoms in total. The van der Waals surface area contributed by atoms with Gasteiger partial charge < -0.3 is 10.6 Å². The molecular formula is C18H23N3O2S. The lowest BCUT2D eigenvalue weighted by molar-refractivity contribution is -0.122. The summed E-state index contributed by atoms with van der Waals surface area (Å²) < 4.78 is 0. The Kier molecular flexibility index (Phi) is 6.49. The molecule has 0 saturated carbocycles. The predicted octanol–water partition coefficient (Wildman–Crippen LogP) is 2.49. The third kappa shape index (κ3) is 4.64. The molecule has 1 aromatic carbocycles. The minimum Gasteiger partial charge on any atom is -0.357 e. The van der Waals surface area contributed by atoms with Crippen LogP contribution in [-0.4, -0.2) is 29.9 Å². The summed E-state index contributed by atoms with van der Waals surface area (Å²) in [5, 5.41) is 6.42. The Balaban J connectivity index is 2.13. The molecule has 0 saturated heterocycles. The molecule has 0 bridgehead atoms. The van der Waals surface area contributed by atoms with E-state index >= 15 is 0 Å². The zero-order chi connectivity index (χ0) is 17.5. The second-order valence-corrected chi connectivity index (χ2v) is 6.69. The normalized spacial score (nSPS) is 11.8. The van der Waals surface area contributed by atoms with Crippen molar-refractivity contribution in [2.24, 2.45) is 0 Å². The highest BCUT2D eigenvalue weighted by molar-refractivity contribution is 7.13. The second kappa shape index (κ2) is 8.59. The molecule has 0 radical (unpaired) electrons. The fourth-order valence-corrected chi connectivity index (χ4v) is 3.51.